The normalized spacial score (nSPS) is 13.9. The molecular formula is C23H20BrN3O3S. The number of hydrazone groups is 1. The van der Waals surface area contributed by atoms with Gasteiger partial charge in [0.2, 0.25) is 0 Å². The molecule has 8 heteroatoms. The van der Waals surface area contributed by atoms with E-state index in [1.54, 1.807) is 7.11 Å². The zero-order chi connectivity index (χ0) is 21.6. The summed E-state index contributed by atoms with van der Waals surface area (Å²) in [6, 6.07) is 19.2. The van der Waals surface area contributed by atoms with Crippen LogP contribution in [0.1, 0.15) is 10.4 Å². The average Bonchev–Trinajstić information content (AvgIpc) is 3.44. The maximum atomic E-state index is 12.3. The van der Waals surface area contributed by atoms with Crippen LogP contribution in [0.15, 0.2) is 81.4 Å². The molecule has 0 saturated heterocycles. The molecule has 0 unspecified atom stereocenters. The second-order valence-corrected chi connectivity index (χ2v) is 8.52. The lowest BCUT2D eigenvalue weighted by Crippen LogP contribution is -2.18. The van der Waals surface area contributed by atoms with Crippen molar-refractivity contribution in [3.8, 4) is 5.75 Å². The van der Waals surface area contributed by atoms with Crippen molar-refractivity contribution in [1.29, 1.82) is 0 Å². The number of carbonyl (C=O) groups is 1. The van der Waals surface area contributed by atoms with Crippen LogP contribution in [0.2, 0.25) is 0 Å². The molecule has 31 heavy (non-hydrogen) atoms. The Morgan fingerprint density at radius 1 is 1.16 bits per heavy atom. The quantitative estimate of drug-likeness (QED) is 0.343. The van der Waals surface area contributed by atoms with Gasteiger partial charge in [-0.2, -0.15) is 5.10 Å². The summed E-state index contributed by atoms with van der Waals surface area (Å²) in [5.41, 5.74) is 6.11. The number of rotatable bonds is 8. The number of anilines is 1. The summed E-state index contributed by atoms with van der Waals surface area (Å²) in [6.07, 6.45) is 0. The number of halogens is 1. The number of amides is 1. The predicted octanol–water partition coefficient (Wildman–Crippen LogP) is 4.89. The molecule has 1 aromatic heterocycles. The van der Waals surface area contributed by atoms with Gasteiger partial charge < -0.3 is 14.8 Å². The first-order valence-corrected chi connectivity index (χ1v) is 11.2. The number of nitrogens with zero attached hydrogens (tertiary/aromatic N) is 1. The summed E-state index contributed by atoms with van der Waals surface area (Å²) in [7, 11) is 1.63. The van der Waals surface area contributed by atoms with E-state index < -0.39 is 0 Å². The SMILES string of the molecule is COc1ccc(C(COC2=C(c3cccs3)C(=O)NC2)=NNc2ccc(Br)cc2)cc1. The number of methoxy groups -OCH3 is 1. The van der Waals surface area contributed by atoms with Crippen molar-refractivity contribution in [1.82, 2.24) is 5.32 Å². The Kier molecular flexibility index (Phi) is 6.69. The van der Waals surface area contributed by atoms with Gasteiger partial charge in [0.05, 0.1) is 24.9 Å². The first-order valence-electron chi connectivity index (χ1n) is 9.54. The Bertz CT molecular complexity index is 1110. The summed E-state index contributed by atoms with van der Waals surface area (Å²) >= 11 is 4.94. The van der Waals surface area contributed by atoms with E-state index in [0.29, 0.717) is 23.6 Å². The molecule has 0 bridgehead atoms. The minimum Gasteiger partial charge on any atom is -0.497 e. The van der Waals surface area contributed by atoms with Gasteiger partial charge in [-0.1, -0.05) is 22.0 Å². The highest BCUT2D eigenvalue weighted by atomic mass is 79.9. The number of nitrogens with one attached hydrogen (secondary N) is 2. The van der Waals surface area contributed by atoms with Crippen LogP contribution in [0.5, 0.6) is 5.75 Å². The Morgan fingerprint density at radius 2 is 1.94 bits per heavy atom. The van der Waals surface area contributed by atoms with Crippen LogP contribution in [0.25, 0.3) is 5.57 Å². The predicted molar refractivity (Wildman–Crippen MR) is 127 cm³/mol. The van der Waals surface area contributed by atoms with Gasteiger partial charge >= 0.3 is 0 Å². The molecule has 0 saturated carbocycles. The first-order chi connectivity index (χ1) is 15.1. The van der Waals surface area contributed by atoms with E-state index >= 15 is 0 Å². The lowest BCUT2D eigenvalue weighted by molar-refractivity contribution is -0.114. The number of carbonyl (C=O) groups excluding carboxylic acids is 1. The highest BCUT2D eigenvalue weighted by molar-refractivity contribution is 9.10. The number of hydrogen-bond acceptors (Lipinski definition) is 6. The molecule has 0 radical (unpaired) electrons. The summed E-state index contributed by atoms with van der Waals surface area (Å²) in [4.78, 5) is 13.2. The molecule has 0 spiro atoms. The van der Waals surface area contributed by atoms with Crippen LogP contribution in [0, 0.1) is 0 Å². The van der Waals surface area contributed by atoms with E-state index in [9.17, 15) is 4.79 Å². The van der Waals surface area contributed by atoms with Crippen LogP contribution < -0.4 is 15.5 Å². The zero-order valence-electron chi connectivity index (χ0n) is 16.7. The highest BCUT2D eigenvalue weighted by Gasteiger charge is 2.26. The minimum atomic E-state index is -0.117. The molecule has 0 aliphatic carbocycles. The Balaban J connectivity index is 1.58. The van der Waals surface area contributed by atoms with Crippen molar-refractivity contribution < 1.29 is 14.3 Å². The number of hydrogen-bond donors (Lipinski definition) is 2. The third kappa shape index (κ3) is 5.15. The van der Waals surface area contributed by atoms with Crippen LogP contribution in [-0.4, -0.2) is 31.9 Å². The monoisotopic (exact) mass is 497 g/mol. The molecular weight excluding hydrogens is 478 g/mol. The van der Waals surface area contributed by atoms with Gasteiger partial charge in [-0.25, -0.2) is 0 Å². The van der Waals surface area contributed by atoms with Gasteiger partial charge in [0, 0.05) is 14.9 Å². The third-order valence-corrected chi connectivity index (χ3v) is 6.07. The maximum Gasteiger partial charge on any atom is 0.256 e. The Morgan fingerprint density at radius 3 is 2.61 bits per heavy atom. The van der Waals surface area contributed by atoms with Gasteiger partial charge in [-0.15, -0.1) is 11.3 Å². The van der Waals surface area contributed by atoms with E-state index in [2.05, 4.69) is 31.8 Å². The molecule has 4 rings (SSSR count). The summed E-state index contributed by atoms with van der Waals surface area (Å²) in [5.74, 6) is 1.27. The van der Waals surface area contributed by atoms with E-state index in [1.165, 1.54) is 11.3 Å². The van der Waals surface area contributed by atoms with Gasteiger partial charge in [0.1, 0.15) is 23.8 Å². The van der Waals surface area contributed by atoms with Crippen molar-refractivity contribution in [2.24, 2.45) is 5.10 Å². The van der Waals surface area contributed by atoms with Crippen molar-refractivity contribution >= 4 is 50.1 Å². The average molecular weight is 498 g/mol. The lowest BCUT2D eigenvalue weighted by atomic mass is 10.1. The largest absolute Gasteiger partial charge is 0.497 e. The van der Waals surface area contributed by atoms with Crippen LogP contribution in [0.3, 0.4) is 0 Å². The highest BCUT2D eigenvalue weighted by Crippen LogP contribution is 2.27. The van der Waals surface area contributed by atoms with Gasteiger partial charge in [-0.05, 0) is 60.0 Å². The second kappa shape index (κ2) is 9.80. The fourth-order valence-electron chi connectivity index (χ4n) is 3.03. The molecule has 0 atom stereocenters. The number of ether oxygens (including phenoxy) is 2. The van der Waals surface area contributed by atoms with Crippen molar-refractivity contribution in [3.05, 3.63) is 86.7 Å². The van der Waals surface area contributed by atoms with Crippen LogP contribution >= 0.6 is 27.3 Å². The third-order valence-electron chi connectivity index (χ3n) is 4.65. The van der Waals surface area contributed by atoms with Crippen LogP contribution in [0.4, 0.5) is 5.69 Å². The van der Waals surface area contributed by atoms with E-state index in [-0.39, 0.29) is 12.5 Å². The van der Waals surface area contributed by atoms with Crippen molar-refractivity contribution in [2.45, 2.75) is 0 Å². The zero-order valence-corrected chi connectivity index (χ0v) is 19.1. The summed E-state index contributed by atoms with van der Waals surface area (Å²) < 4.78 is 12.3. The van der Waals surface area contributed by atoms with Gasteiger partial charge in [0.25, 0.3) is 5.91 Å². The molecule has 158 valence electrons. The molecule has 3 aromatic rings. The second-order valence-electron chi connectivity index (χ2n) is 6.65. The van der Waals surface area contributed by atoms with E-state index in [4.69, 9.17) is 9.47 Å². The minimum absolute atomic E-state index is 0.117. The topological polar surface area (TPSA) is 72.0 Å². The van der Waals surface area contributed by atoms with E-state index in [1.807, 2.05) is 66.0 Å². The molecule has 2 aromatic carbocycles. The summed E-state index contributed by atoms with van der Waals surface area (Å²) in [6.45, 7) is 0.567. The molecule has 2 N–H and O–H groups in total. The lowest BCUT2D eigenvalue weighted by Gasteiger charge is -2.12. The summed E-state index contributed by atoms with van der Waals surface area (Å²) in [5, 5.41) is 9.36. The first kappa shape index (κ1) is 21.1. The Hall–Kier alpha value is -3.10. The van der Waals surface area contributed by atoms with Gasteiger partial charge in [0.15, 0.2) is 0 Å². The maximum absolute atomic E-state index is 12.3. The smallest absolute Gasteiger partial charge is 0.256 e. The molecule has 6 nitrogen and oxygen atoms in total. The number of thiophene rings is 1. The van der Waals surface area contributed by atoms with Crippen molar-refractivity contribution in [2.75, 3.05) is 25.7 Å². The molecule has 1 aliphatic rings. The number of benzene rings is 2. The van der Waals surface area contributed by atoms with Crippen LogP contribution in [-0.2, 0) is 9.53 Å². The molecule has 2 heterocycles. The standard InChI is InChI=1S/C23H20BrN3O3S/c1-29-18-10-4-15(5-11-18)19(27-26-17-8-6-16(24)7-9-17)14-30-20-13-25-23(28)22(20)21-3-2-12-31-21/h2-12,26H,13-14H2,1H3,(H,25,28). The Labute approximate surface area is 192 Å². The van der Waals surface area contributed by atoms with Crippen molar-refractivity contribution in [3.63, 3.8) is 0 Å². The molecule has 1 amide bonds. The molecule has 1 aliphatic heterocycles. The fraction of sp³-hybridized carbons (Fsp3) is 0.130. The molecule has 0 fully saturated rings. The van der Waals surface area contributed by atoms with Gasteiger partial charge in [-0.3, -0.25) is 10.2 Å². The fourth-order valence-corrected chi connectivity index (χ4v) is 4.08. The van der Waals surface area contributed by atoms with E-state index in [0.717, 1.165) is 26.4 Å².